The molecule has 2 aromatic carbocycles. The molecule has 1 aliphatic heterocycles. The van der Waals surface area contributed by atoms with Crippen molar-refractivity contribution in [2.75, 3.05) is 18.1 Å². The van der Waals surface area contributed by atoms with Crippen molar-refractivity contribution in [1.82, 2.24) is 10.6 Å². The Hall–Kier alpha value is -2.38. The number of sulfone groups is 1. The largest absolute Gasteiger partial charge is 0.450 e. The van der Waals surface area contributed by atoms with Gasteiger partial charge >= 0.3 is 6.09 Å². The van der Waals surface area contributed by atoms with Crippen molar-refractivity contribution in [1.29, 1.82) is 0 Å². The van der Waals surface area contributed by atoms with Gasteiger partial charge in [-0.2, -0.15) is 0 Å². The van der Waals surface area contributed by atoms with Gasteiger partial charge in [0, 0.05) is 6.04 Å². The normalized spacial score (nSPS) is 21.1. The Bertz CT molecular complexity index is 817. The fourth-order valence-corrected chi connectivity index (χ4v) is 5.24. The molecule has 0 bridgehead atoms. The molecular weight excluding hydrogens is 364 g/mol. The second-order valence-corrected chi connectivity index (χ2v) is 8.73. The maximum atomic E-state index is 12.2. The Balaban J connectivity index is 1.86. The van der Waals surface area contributed by atoms with Gasteiger partial charge in [0.2, 0.25) is 0 Å². The van der Waals surface area contributed by atoms with Crippen LogP contribution < -0.4 is 10.6 Å². The summed E-state index contributed by atoms with van der Waals surface area (Å²) in [5.41, 5.74) is 2.06. The van der Waals surface area contributed by atoms with E-state index < -0.39 is 28.0 Å². The van der Waals surface area contributed by atoms with Crippen molar-refractivity contribution in [2.45, 2.75) is 25.0 Å². The molecule has 0 saturated carbocycles. The van der Waals surface area contributed by atoms with E-state index in [4.69, 9.17) is 4.74 Å². The standard InChI is InChI=1S/C20H24N2O4S/c1-2-26-20(23)22-18-14-27(24,25)13-17(18)21-19(15-9-5-3-6-10-15)16-11-7-4-8-12-16/h3-12,17-19,21H,2,13-14H2,1H3,(H,22,23)/t17-,18-/m1/s1. The predicted octanol–water partition coefficient (Wildman–Crippen LogP) is 2.28. The first-order valence-electron chi connectivity index (χ1n) is 8.98. The average molecular weight is 388 g/mol. The van der Waals surface area contributed by atoms with Gasteiger partial charge < -0.3 is 15.4 Å². The highest BCUT2D eigenvalue weighted by molar-refractivity contribution is 7.91. The molecule has 0 spiro atoms. The molecule has 7 heteroatoms. The molecule has 0 unspecified atom stereocenters. The Morgan fingerprint density at radius 1 is 1.00 bits per heavy atom. The molecule has 1 fully saturated rings. The number of nitrogens with one attached hydrogen (secondary N) is 2. The minimum absolute atomic E-state index is 0.0275. The van der Waals surface area contributed by atoms with Crippen LogP contribution in [0.4, 0.5) is 4.79 Å². The number of carbonyl (C=O) groups excluding carboxylic acids is 1. The van der Waals surface area contributed by atoms with Crippen LogP contribution in [0.2, 0.25) is 0 Å². The second-order valence-electron chi connectivity index (χ2n) is 6.58. The van der Waals surface area contributed by atoms with Gasteiger partial charge in [0.05, 0.1) is 30.2 Å². The smallest absolute Gasteiger partial charge is 0.407 e. The van der Waals surface area contributed by atoms with Gasteiger partial charge in [-0.25, -0.2) is 13.2 Å². The number of hydrogen-bond acceptors (Lipinski definition) is 5. The molecule has 6 nitrogen and oxygen atoms in total. The lowest BCUT2D eigenvalue weighted by molar-refractivity contribution is 0.147. The molecule has 1 aliphatic rings. The van der Waals surface area contributed by atoms with Gasteiger partial charge in [0.1, 0.15) is 0 Å². The summed E-state index contributed by atoms with van der Waals surface area (Å²) in [6.45, 7) is 1.95. The summed E-state index contributed by atoms with van der Waals surface area (Å²) in [6, 6.07) is 18.6. The lowest BCUT2D eigenvalue weighted by Crippen LogP contribution is -2.50. The number of carbonyl (C=O) groups is 1. The van der Waals surface area contributed by atoms with Crippen LogP contribution in [0, 0.1) is 0 Å². The summed E-state index contributed by atoms with van der Waals surface area (Å²) in [4.78, 5) is 11.8. The molecular formula is C20H24N2O4S. The number of rotatable bonds is 6. The third kappa shape index (κ3) is 5.08. The topological polar surface area (TPSA) is 84.5 Å². The van der Waals surface area contributed by atoms with Crippen LogP contribution in [0.3, 0.4) is 0 Å². The summed E-state index contributed by atoms with van der Waals surface area (Å²) in [6.07, 6.45) is -0.595. The lowest BCUT2D eigenvalue weighted by Gasteiger charge is -2.27. The highest BCUT2D eigenvalue weighted by Gasteiger charge is 2.40. The van der Waals surface area contributed by atoms with E-state index in [2.05, 4.69) is 10.6 Å². The van der Waals surface area contributed by atoms with Gasteiger partial charge in [-0.15, -0.1) is 0 Å². The van der Waals surface area contributed by atoms with Gasteiger partial charge in [0.25, 0.3) is 0 Å². The average Bonchev–Trinajstić information content (AvgIpc) is 2.94. The highest BCUT2D eigenvalue weighted by atomic mass is 32.2. The van der Waals surface area contributed by atoms with Gasteiger partial charge in [-0.3, -0.25) is 0 Å². The fraction of sp³-hybridized carbons (Fsp3) is 0.350. The summed E-state index contributed by atoms with van der Waals surface area (Å²) in [7, 11) is -3.25. The van der Waals surface area contributed by atoms with Crippen molar-refractivity contribution in [3.05, 3.63) is 71.8 Å². The van der Waals surface area contributed by atoms with Crippen molar-refractivity contribution < 1.29 is 17.9 Å². The molecule has 1 saturated heterocycles. The Kier molecular flexibility index (Phi) is 6.13. The van der Waals surface area contributed by atoms with Crippen LogP contribution in [-0.4, -0.2) is 44.7 Å². The van der Waals surface area contributed by atoms with Gasteiger partial charge in [0.15, 0.2) is 9.84 Å². The van der Waals surface area contributed by atoms with E-state index in [9.17, 15) is 13.2 Å². The van der Waals surface area contributed by atoms with Crippen LogP contribution in [0.1, 0.15) is 24.1 Å². The Morgan fingerprint density at radius 3 is 2.04 bits per heavy atom. The van der Waals surface area contributed by atoms with Crippen LogP contribution in [0.5, 0.6) is 0 Å². The van der Waals surface area contributed by atoms with Crippen LogP contribution in [0.15, 0.2) is 60.7 Å². The van der Waals surface area contributed by atoms with E-state index in [0.29, 0.717) is 0 Å². The minimum Gasteiger partial charge on any atom is -0.450 e. The Morgan fingerprint density at radius 2 is 1.52 bits per heavy atom. The third-order valence-electron chi connectivity index (χ3n) is 4.58. The number of alkyl carbamates (subject to hydrolysis) is 1. The Labute approximate surface area is 159 Å². The first-order valence-corrected chi connectivity index (χ1v) is 10.8. The molecule has 3 rings (SSSR count). The minimum atomic E-state index is -3.25. The first kappa shape index (κ1) is 19.4. The highest BCUT2D eigenvalue weighted by Crippen LogP contribution is 2.25. The van der Waals surface area contributed by atoms with Crippen LogP contribution in [0.25, 0.3) is 0 Å². The molecule has 0 aliphatic carbocycles. The molecule has 2 N–H and O–H groups in total. The van der Waals surface area contributed by atoms with Gasteiger partial charge in [-0.05, 0) is 18.1 Å². The molecule has 144 valence electrons. The van der Waals surface area contributed by atoms with E-state index in [1.807, 2.05) is 60.7 Å². The van der Waals surface area contributed by atoms with Crippen LogP contribution >= 0.6 is 0 Å². The maximum Gasteiger partial charge on any atom is 0.407 e. The van der Waals surface area contributed by atoms with E-state index in [-0.39, 0.29) is 24.2 Å². The predicted molar refractivity (Wildman–Crippen MR) is 104 cm³/mol. The SMILES string of the molecule is CCOC(=O)N[C@@H]1CS(=O)(=O)C[C@H]1NC(c1ccccc1)c1ccccc1. The number of ether oxygens (including phenoxy) is 1. The first-order chi connectivity index (χ1) is 13.0. The number of benzene rings is 2. The van der Waals surface area contributed by atoms with E-state index in [1.165, 1.54) is 0 Å². The number of amides is 1. The van der Waals surface area contributed by atoms with E-state index in [0.717, 1.165) is 11.1 Å². The zero-order valence-electron chi connectivity index (χ0n) is 15.2. The summed E-state index contributed by atoms with van der Waals surface area (Å²) in [5, 5.41) is 6.14. The molecule has 2 atom stereocenters. The monoisotopic (exact) mass is 388 g/mol. The zero-order valence-corrected chi connectivity index (χ0v) is 16.0. The summed E-state index contributed by atoms with van der Waals surface area (Å²) < 4.78 is 29.3. The van der Waals surface area contributed by atoms with Crippen molar-refractivity contribution in [3.63, 3.8) is 0 Å². The van der Waals surface area contributed by atoms with Gasteiger partial charge in [-0.1, -0.05) is 60.7 Å². The maximum absolute atomic E-state index is 12.2. The quantitative estimate of drug-likeness (QED) is 0.793. The molecule has 1 amide bonds. The second kappa shape index (κ2) is 8.54. The fourth-order valence-electron chi connectivity index (χ4n) is 3.37. The molecule has 27 heavy (non-hydrogen) atoms. The van der Waals surface area contributed by atoms with Crippen molar-refractivity contribution in [2.24, 2.45) is 0 Å². The lowest BCUT2D eigenvalue weighted by atomic mass is 9.97. The zero-order chi connectivity index (χ0) is 19.3. The molecule has 0 radical (unpaired) electrons. The van der Waals surface area contributed by atoms with E-state index >= 15 is 0 Å². The number of hydrogen-bond donors (Lipinski definition) is 2. The molecule has 0 aromatic heterocycles. The van der Waals surface area contributed by atoms with Crippen molar-refractivity contribution >= 4 is 15.9 Å². The molecule has 1 heterocycles. The molecule has 2 aromatic rings. The van der Waals surface area contributed by atoms with Crippen molar-refractivity contribution in [3.8, 4) is 0 Å². The summed E-state index contributed by atoms with van der Waals surface area (Å²) >= 11 is 0. The summed E-state index contributed by atoms with van der Waals surface area (Å²) in [5.74, 6) is -0.125. The van der Waals surface area contributed by atoms with Crippen LogP contribution in [-0.2, 0) is 14.6 Å². The van der Waals surface area contributed by atoms with E-state index in [1.54, 1.807) is 6.92 Å². The third-order valence-corrected chi connectivity index (χ3v) is 6.31.